The lowest BCUT2D eigenvalue weighted by atomic mass is 10.2. The molecule has 6 heteroatoms. The van der Waals surface area contributed by atoms with Crippen LogP contribution in [0.4, 0.5) is 5.69 Å². The maximum Gasteiger partial charge on any atom is 0.241 e. The molecule has 1 amide bonds. The quantitative estimate of drug-likeness (QED) is 0.849. The fourth-order valence-corrected chi connectivity index (χ4v) is 1.97. The van der Waals surface area contributed by atoms with Crippen LogP contribution >= 0.6 is 23.2 Å². The van der Waals surface area contributed by atoms with Gasteiger partial charge in [-0.05, 0) is 32.0 Å². The van der Waals surface area contributed by atoms with E-state index in [1.807, 2.05) is 6.92 Å². The Labute approximate surface area is 123 Å². The van der Waals surface area contributed by atoms with E-state index in [-0.39, 0.29) is 18.0 Å². The van der Waals surface area contributed by atoms with Gasteiger partial charge in [-0.15, -0.1) is 0 Å². The number of halogens is 2. The van der Waals surface area contributed by atoms with Crippen molar-refractivity contribution in [3.8, 4) is 0 Å². The molecule has 4 nitrogen and oxygen atoms in total. The second-order valence-corrected chi connectivity index (χ2v) is 5.20. The summed E-state index contributed by atoms with van der Waals surface area (Å²) in [5.41, 5.74) is 0.507. The molecule has 0 saturated heterocycles. The van der Waals surface area contributed by atoms with Gasteiger partial charge >= 0.3 is 0 Å². The maximum absolute atomic E-state index is 12.0. The number of anilines is 1. The van der Waals surface area contributed by atoms with E-state index in [1.54, 1.807) is 32.2 Å². The van der Waals surface area contributed by atoms with E-state index in [9.17, 15) is 4.79 Å². The Hall–Kier alpha value is -0.810. The molecule has 0 saturated carbocycles. The monoisotopic (exact) mass is 304 g/mol. The van der Waals surface area contributed by atoms with Crippen molar-refractivity contribution in [3.63, 3.8) is 0 Å². The van der Waals surface area contributed by atoms with Gasteiger partial charge in [0.1, 0.15) is 0 Å². The predicted molar refractivity (Wildman–Crippen MR) is 79.0 cm³/mol. The van der Waals surface area contributed by atoms with Gasteiger partial charge in [0.25, 0.3) is 0 Å². The van der Waals surface area contributed by atoms with Gasteiger partial charge in [0.15, 0.2) is 0 Å². The molecule has 1 rings (SSSR count). The minimum absolute atomic E-state index is 0.0839. The zero-order chi connectivity index (χ0) is 14.4. The third-order valence-electron chi connectivity index (χ3n) is 2.53. The van der Waals surface area contributed by atoms with Gasteiger partial charge in [-0.1, -0.05) is 23.2 Å². The summed E-state index contributed by atoms with van der Waals surface area (Å²) < 4.78 is 5.00. The second kappa shape index (κ2) is 7.70. The van der Waals surface area contributed by atoms with Crippen molar-refractivity contribution in [2.24, 2.45) is 0 Å². The van der Waals surface area contributed by atoms with Crippen molar-refractivity contribution in [1.29, 1.82) is 0 Å². The van der Waals surface area contributed by atoms with Gasteiger partial charge in [0.2, 0.25) is 5.91 Å². The minimum atomic E-state index is -0.361. The zero-order valence-electron chi connectivity index (χ0n) is 11.2. The van der Waals surface area contributed by atoms with Crippen molar-refractivity contribution in [2.45, 2.75) is 25.9 Å². The van der Waals surface area contributed by atoms with E-state index in [0.29, 0.717) is 22.3 Å². The molecular weight excluding hydrogens is 287 g/mol. The molecule has 1 aromatic rings. The third kappa shape index (κ3) is 5.37. The number of hydrogen-bond donors (Lipinski definition) is 2. The Morgan fingerprint density at radius 3 is 2.68 bits per heavy atom. The number of carbonyl (C=O) groups is 1. The lowest BCUT2D eigenvalue weighted by Crippen LogP contribution is -2.44. The molecule has 0 aliphatic carbocycles. The van der Waals surface area contributed by atoms with Crippen molar-refractivity contribution >= 4 is 34.8 Å². The molecular formula is C13H18Cl2N2O2. The van der Waals surface area contributed by atoms with Crippen LogP contribution in [0.1, 0.15) is 13.8 Å². The Balaban J connectivity index is 2.61. The van der Waals surface area contributed by atoms with Gasteiger partial charge in [-0.3, -0.25) is 4.79 Å². The molecule has 19 heavy (non-hydrogen) atoms. The Morgan fingerprint density at radius 1 is 1.37 bits per heavy atom. The van der Waals surface area contributed by atoms with Crippen LogP contribution in [0.3, 0.4) is 0 Å². The van der Waals surface area contributed by atoms with Crippen LogP contribution in [-0.4, -0.2) is 31.7 Å². The summed E-state index contributed by atoms with van der Waals surface area (Å²) in [5.74, 6) is -0.174. The van der Waals surface area contributed by atoms with Crippen LogP contribution in [0.15, 0.2) is 18.2 Å². The second-order valence-electron chi connectivity index (χ2n) is 4.36. The molecule has 106 valence electrons. The first-order chi connectivity index (χ1) is 8.93. The maximum atomic E-state index is 12.0. The summed E-state index contributed by atoms with van der Waals surface area (Å²) in [7, 11) is 1.62. The first-order valence-corrected chi connectivity index (χ1v) is 6.70. The van der Waals surface area contributed by atoms with Gasteiger partial charge < -0.3 is 15.4 Å². The molecule has 0 aliphatic rings. The highest BCUT2D eigenvalue weighted by atomic mass is 35.5. The van der Waals surface area contributed by atoms with Crippen molar-refractivity contribution in [3.05, 3.63) is 28.2 Å². The first-order valence-electron chi connectivity index (χ1n) is 5.95. The van der Waals surface area contributed by atoms with E-state index in [1.165, 1.54) is 0 Å². The third-order valence-corrected chi connectivity index (χ3v) is 3.10. The Kier molecular flexibility index (Phi) is 6.58. The predicted octanol–water partition coefficient (Wildman–Crippen LogP) is 2.94. The summed E-state index contributed by atoms with van der Waals surface area (Å²) in [4.78, 5) is 12.0. The molecule has 2 unspecified atom stereocenters. The van der Waals surface area contributed by atoms with Crippen molar-refractivity contribution < 1.29 is 9.53 Å². The fourth-order valence-electron chi connectivity index (χ4n) is 1.63. The molecule has 0 aromatic heterocycles. The van der Waals surface area contributed by atoms with E-state index >= 15 is 0 Å². The minimum Gasteiger partial charge on any atom is -0.383 e. The highest BCUT2D eigenvalue weighted by Gasteiger charge is 2.16. The molecule has 0 heterocycles. The van der Waals surface area contributed by atoms with Gasteiger partial charge in [-0.2, -0.15) is 0 Å². The topological polar surface area (TPSA) is 50.4 Å². The lowest BCUT2D eigenvalue weighted by molar-refractivity contribution is -0.118. The molecule has 1 aromatic carbocycles. The smallest absolute Gasteiger partial charge is 0.241 e. The van der Waals surface area contributed by atoms with Gasteiger partial charge in [-0.25, -0.2) is 0 Å². The highest BCUT2D eigenvalue weighted by Crippen LogP contribution is 2.25. The molecule has 0 fully saturated rings. The Morgan fingerprint density at radius 2 is 2.05 bits per heavy atom. The zero-order valence-corrected chi connectivity index (χ0v) is 12.7. The summed E-state index contributed by atoms with van der Waals surface area (Å²) in [6.07, 6.45) is 0. The lowest BCUT2D eigenvalue weighted by Gasteiger charge is -2.19. The highest BCUT2D eigenvalue weighted by molar-refractivity contribution is 6.35. The SMILES string of the molecule is COCC(C)NC(C)C(=O)Nc1cc(Cl)ccc1Cl. The van der Waals surface area contributed by atoms with Crippen LogP contribution in [0.5, 0.6) is 0 Å². The van der Waals surface area contributed by atoms with Crippen LogP contribution in [0.2, 0.25) is 10.0 Å². The molecule has 0 bridgehead atoms. The van der Waals surface area contributed by atoms with Crippen LogP contribution in [0.25, 0.3) is 0 Å². The number of carbonyl (C=O) groups excluding carboxylic acids is 1. The number of nitrogens with one attached hydrogen (secondary N) is 2. The van der Waals surface area contributed by atoms with Crippen LogP contribution < -0.4 is 10.6 Å². The van der Waals surface area contributed by atoms with Crippen molar-refractivity contribution in [2.75, 3.05) is 19.0 Å². The molecule has 0 spiro atoms. The number of methoxy groups -OCH3 is 1. The van der Waals surface area contributed by atoms with E-state index < -0.39 is 0 Å². The van der Waals surface area contributed by atoms with E-state index in [2.05, 4.69) is 10.6 Å². The average Bonchev–Trinajstić information content (AvgIpc) is 2.34. The molecule has 0 radical (unpaired) electrons. The van der Waals surface area contributed by atoms with E-state index in [4.69, 9.17) is 27.9 Å². The van der Waals surface area contributed by atoms with Gasteiger partial charge in [0.05, 0.1) is 23.4 Å². The van der Waals surface area contributed by atoms with Gasteiger partial charge in [0, 0.05) is 18.2 Å². The van der Waals surface area contributed by atoms with E-state index in [0.717, 1.165) is 0 Å². The van der Waals surface area contributed by atoms with Crippen LogP contribution in [0, 0.1) is 0 Å². The number of rotatable bonds is 6. The molecule has 2 atom stereocenters. The average molecular weight is 305 g/mol. The fraction of sp³-hybridized carbons (Fsp3) is 0.462. The number of amides is 1. The number of hydrogen-bond acceptors (Lipinski definition) is 3. The first kappa shape index (κ1) is 16.2. The summed E-state index contributed by atoms with van der Waals surface area (Å²) in [5, 5.41) is 6.84. The summed E-state index contributed by atoms with van der Waals surface area (Å²) in [6.45, 7) is 4.26. The Bertz CT molecular complexity index is 441. The normalized spacial score (nSPS) is 13.9. The van der Waals surface area contributed by atoms with Crippen molar-refractivity contribution in [1.82, 2.24) is 5.32 Å². The van der Waals surface area contributed by atoms with Crippen LogP contribution in [-0.2, 0) is 9.53 Å². The summed E-state index contributed by atoms with van der Waals surface area (Å²) >= 11 is 11.8. The largest absolute Gasteiger partial charge is 0.383 e. The molecule has 0 aliphatic heterocycles. The summed E-state index contributed by atoms with van der Waals surface area (Å²) in [6, 6.07) is 4.65. The number of benzene rings is 1. The standard InChI is InChI=1S/C13H18Cl2N2O2/c1-8(7-19-3)16-9(2)13(18)17-12-6-10(14)4-5-11(12)15/h4-6,8-9,16H,7H2,1-3H3,(H,17,18). The molecule has 2 N–H and O–H groups in total. The number of ether oxygens (including phenoxy) is 1.